The minimum Gasteiger partial charge on any atom is -0.484 e. The van der Waals surface area contributed by atoms with Crippen LogP contribution in [0.4, 0.5) is 0 Å². The normalized spacial score (nSPS) is 12.4. The molecule has 1 heterocycles. The summed E-state index contributed by atoms with van der Waals surface area (Å²) in [4.78, 5) is 4.04. The van der Waals surface area contributed by atoms with Crippen molar-refractivity contribution in [1.82, 2.24) is 10.1 Å². The maximum atomic E-state index is 9.50. The number of rotatable bonds is 5. The standard InChI is InChI=1S/C12H14N2O3/c1-2-10(15)12-13-11(17-14-12)8-16-9-6-4-3-5-7-9/h3-7,10,15H,2,8H2,1H3. The lowest BCUT2D eigenvalue weighted by Crippen LogP contribution is -1.99. The van der Waals surface area contributed by atoms with E-state index in [2.05, 4.69) is 10.1 Å². The molecule has 1 N–H and O–H groups in total. The van der Waals surface area contributed by atoms with E-state index in [0.717, 1.165) is 5.75 Å². The largest absolute Gasteiger partial charge is 0.484 e. The first-order chi connectivity index (χ1) is 8.29. The number of hydrogen-bond donors (Lipinski definition) is 1. The van der Waals surface area contributed by atoms with Crippen LogP contribution in [-0.4, -0.2) is 15.2 Å². The Kier molecular flexibility index (Phi) is 3.72. The van der Waals surface area contributed by atoms with Crippen molar-refractivity contribution in [3.05, 3.63) is 42.0 Å². The molecule has 1 aromatic carbocycles. The van der Waals surface area contributed by atoms with Crippen molar-refractivity contribution >= 4 is 0 Å². The van der Waals surface area contributed by atoms with Gasteiger partial charge in [0, 0.05) is 0 Å². The van der Waals surface area contributed by atoms with Crippen LogP contribution in [0.15, 0.2) is 34.9 Å². The molecule has 2 aromatic rings. The van der Waals surface area contributed by atoms with E-state index in [0.29, 0.717) is 18.1 Å². The highest BCUT2D eigenvalue weighted by Gasteiger charge is 2.13. The van der Waals surface area contributed by atoms with Crippen LogP contribution in [0, 0.1) is 0 Å². The number of nitrogens with zero attached hydrogens (tertiary/aromatic N) is 2. The number of aliphatic hydroxyl groups excluding tert-OH is 1. The van der Waals surface area contributed by atoms with E-state index in [1.165, 1.54) is 0 Å². The first kappa shape index (κ1) is 11.6. The molecule has 0 aliphatic carbocycles. The molecule has 1 aromatic heterocycles. The van der Waals surface area contributed by atoms with Crippen molar-refractivity contribution in [2.45, 2.75) is 26.1 Å². The van der Waals surface area contributed by atoms with Crippen LogP contribution in [0.25, 0.3) is 0 Å². The fourth-order valence-corrected chi connectivity index (χ4v) is 1.31. The van der Waals surface area contributed by atoms with Gasteiger partial charge in [-0.1, -0.05) is 30.3 Å². The molecule has 0 bridgehead atoms. The Labute approximate surface area is 99.0 Å². The summed E-state index contributed by atoms with van der Waals surface area (Å²) < 4.78 is 10.4. The second-order valence-electron chi connectivity index (χ2n) is 3.57. The Morgan fingerprint density at radius 1 is 1.35 bits per heavy atom. The van der Waals surface area contributed by atoms with E-state index in [4.69, 9.17) is 9.26 Å². The SMILES string of the molecule is CCC(O)c1noc(COc2ccccc2)n1. The summed E-state index contributed by atoms with van der Waals surface area (Å²) >= 11 is 0. The highest BCUT2D eigenvalue weighted by atomic mass is 16.5. The molecule has 17 heavy (non-hydrogen) atoms. The topological polar surface area (TPSA) is 68.4 Å². The predicted octanol–water partition coefficient (Wildman–Crippen LogP) is 2.09. The number of aliphatic hydroxyl groups is 1. The fourth-order valence-electron chi connectivity index (χ4n) is 1.31. The summed E-state index contributed by atoms with van der Waals surface area (Å²) in [7, 11) is 0. The third-order valence-electron chi connectivity index (χ3n) is 2.27. The van der Waals surface area contributed by atoms with Crippen LogP contribution in [0.5, 0.6) is 5.75 Å². The van der Waals surface area contributed by atoms with Gasteiger partial charge in [-0.3, -0.25) is 0 Å². The fraction of sp³-hybridized carbons (Fsp3) is 0.333. The quantitative estimate of drug-likeness (QED) is 0.857. The molecular weight excluding hydrogens is 220 g/mol. The van der Waals surface area contributed by atoms with Crippen LogP contribution < -0.4 is 4.74 Å². The van der Waals surface area contributed by atoms with Gasteiger partial charge >= 0.3 is 0 Å². The molecule has 90 valence electrons. The summed E-state index contributed by atoms with van der Waals surface area (Å²) in [5.41, 5.74) is 0. The average molecular weight is 234 g/mol. The average Bonchev–Trinajstić information content (AvgIpc) is 2.85. The number of hydrogen-bond acceptors (Lipinski definition) is 5. The Hall–Kier alpha value is -1.88. The van der Waals surface area contributed by atoms with Crippen molar-refractivity contribution in [2.24, 2.45) is 0 Å². The minimum atomic E-state index is -0.677. The van der Waals surface area contributed by atoms with Crippen LogP contribution >= 0.6 is 0 Å². The molecule has 0 spiro atoms. The van der Waals surface area contributed by atoms with Gasteiger partial charge in [-0.2, -0.15) is 4.98 Å². The third kappa shape index (κ3) is 3.04. The molecule has 5 nitrogen and oxygen atoms in total. The molecule has 0 radical (unpaired) electrons. The first-order valence-corrected chi connectivity index (χ1v) is 5.48. The molecule has 0 saturated carbocycles. The van der Waals surface area contributed by atoms with Gasteiger partial charge in [0.05, 0.1) is 0 Å². The van der Waals surface area contributed by atoms with E-state index in [1.54, 1.807) is 0 Å². The smallest absolute Gasteiger partial charge is 0.264 e. The van der Waals surface area contributed by atoms with E-state index >= 15 is 0 Å². The molecule has 0 fully saturated rings. The number of ether oxygens (including phenoxy) is 1. The molecule has 0 saturated heterocycles. The first-order valence-electron chi connectivity index (χ1n) is 5.48. The summed E-state index contributed by atoms with van der Waals surface area (Å²) in [6.07, 6.45) is -0.123. The van der Waals surface area contributed by atoms with Crippen molar-refractivity contribution in [3.8, 4) is 5.75 Å². The molecule has 0 aliphatic heterocycles. The van der Waals surface area contributed by atoms with E-state index < -0.39 is 6.10 Å². The number of aromatic nitrogens is 2. The predicted molar refractivity (Wildman–Crippen MR) is 60.3 cm³/mol. The summed E-state index contributed by atoms with van der Waals surface area (Å²) in [5, 5.41) is 13.2. The van der Waals surface area contributed by atoms with Crippen molar-refractivity contribution < 1.29 is 14.4 Å². The van der Waals surface area contributed by atoms with Crippen LogP contribution in [0.1, 0.15) is 31.2 Å². The van der Waals surface area contributed by atoms with Gasteiger partial charge < -0.3 is 14.4 Å². The van der Waals surface area contributed by atoms with Gasteiger partial charge in [0.1, 0.15) is 11.9 Å². The summed E-state index contributed by atoms with van der Waals surface area (Å²) in [6, 6.07) is 9.37. The van der Waals surface area contributed by atoms with Crippen LogP contribution in [-0.2, 0) is 6.61 Å². The third-order valence-corrected chi connectivity index (χ3v) is 2.27. The summed E-state index contributed by atoms with van der Waals surface area (Å²) in [6.45, 7) is 2.05. The Bertz CT molecular complexity index is 456. The lowest BCUT2D eigenvalue weighted by Gasteiger charge is -2.01. The lowest BCUT2D eigenvalue weighted by atomic mass is 10.3. The highest BCUT2D eigenvalue weighted by Crippen LogP contribution is 2.14. The van der Waals surface area contributed by atoms with Gasteiger partial charge in [0.2, 0.25) is 0 Å². The molecule has 0 aliphatic rings. The zero-order valence-electron chi connectivity index (χ0n) is 9.54. The van der Waals surface area contributed by atoms with Crippen molar-refractivity contribution in [3.63, 3.8) is 0 Å². The molecule has 0 amide bonds. The number of para-hydroxylation sites is 1. The lowest BCUT2D eigenvalue weighted by molar-refractivity contribution is 0.159. The zero-order chi connectivity index (χ0) is 12.1. The molecule has 2 rings (SSSR count). The molecule has 5 heteroatoms. The highest BCUT2D eigenvalue weighted by molar-refractivity contribution is 5.20. The Balaban J connectivity index is 1.94. The molecular formula is C12H14N2O3. The van der Waals surface area contributed by atoms with Crippen LogP contribution in [0.3, 0.4) is 0 Å². The summed E-state index contributed by atoms with van der Waals surface area (Å²) in [5.74, 6) is 1.40. The van der Waals surface area contributed by atoms with E-state index in [9.17, 15) is 5.11 Å². The minimum absolute atomic E-state index is 0.202. The maximum absolute atomic E-state index is 9.50. The van der Waals surface area contributed by atoms with Crippen molar-refractivity contribution in [2.75, 3.05) is 0 Å². The Morgan fingerprint density at radius 3 is 2.82 bits per heavy atom. The second kappa shape index (κ2) is 5.45. The Morgan fingerprint density at radius 2 is 2.12 bits per heavy atom. The zero-order valence-corrected chi connectivity index (χ0v) is 9.54. The monoisotopic (exact) mass is 234 g/mol. The van der Waals surface area contributed by atoms with Gasteiger partial charge in [0.15, 0.2) is 12.4 Å². The molecule has 1 atom stereocenters. The molecule has 1 unspecified atom stereocenters. The van der Waals surface area contributed by atoms with Gasteiger partial charge in [0.25, 0.3) is 5.89 Å². The maximum Gasteiger partial charge on any atom is 0.264 e. The van der Waals surface area contributed by atoms with Gasteiger partial charge in [-0.25, -0.2) is 0 Å². The second-order valence-corrected chi connectivity index (χ2v) is 3.57. The van der Waals surface area contributed by atoms with Crippen LogP contribution in [0.2, 0.25) is 0 Å². The number of benzene rings is 1. The van der Waals surface area contributed by atoms with Gasteiger partial charge in [-0.05, 0) is 18.6 Å². The van der Waals surface area contributed by atoms with E-state index in [-0.39, 0.29) is 6.61 Å². The van der Waals surface area contributed by atoms with E-state index in [1.807, 2.05) is 37.3 Å². The van der Waals surface area contributed by atoms with Crippen molar-refractivity contribution in [1.29, 1.82) is 0 Å². The van der Waals surface area contributed by atoms with Gasteiger partial charge in [-0.15, -0.1) is 0 Å².